The molecule has 1 aliphatic heterocycles. The van der Waals surface area contributed by atoms with E-state index in [4.69, 9.17) is 13.9 Å². The molecule has 8 heteroatoms. The molecule has 31 heavy (non-hydrogen) atoms. The van der Waals surface area contributed by atoms with Crippen LogP contribution >= 0.6 is 0 Å². The molecule has 160 valence electrons. The molecule has 4 rings (SSSR count). The molecule has 0 spiro atoms. The highest BCUT2D eigenvalue weighted by molar-refractivity contribution is 6.13. The number of furan rings is 1. The number of benzene rings is 2. The number of amides is 2. The van der Waals surface area contributed by atoms with Gasteiger partial charge in [-0.15, -0.1) is 0 Å². The van der Waals surface area contributed by atoms with E-state index >= 15 is 0 Å². The Morgan fingerprint density at radius 3 is 2.68 bits per heavy atom. The van der Waals surface area contributed by atoms with Gasteiger partial charge in [-0.1, -0.05) is 18.2 Å². The van der Waals surface area contributed by atoms with Crippen molar-refractivity contribution >= 4 is 34.5 Å². The first-order chi connectivity index (χ1) is 15.1. The van der Waals surface area contributed by atoms with Gasteiger partial charge in [-0.05, 0) is 35.9 Å². The van der Waals surface area contributed by atoms with E-state index in [1.165, 1.54) is 31.4 Å². The molecule has 0 unspecified atom stereocenters. The van der Waals surface area contributed by atoms with Crippen LogP contribution in [0.25, 0.3) is 17.0 Å². The van der Waals surface area contributed by atoms with E-state index in [1.54, 1.807) is 35.2 Å². The van der Waals surface area contributed by atoms with Crippen molar-refractivity contribution in [1.29, 1.82) is 0 Å². The lowest BCUT2D eigenvalue weighted by Crippen LogP contribution is -2.40. The van der Waals surface area contributed by atoms with E-state index in [9.17, 15) is 14.0 Å². The average molecular weight is 424 g/mol. The molecule has 0 atom stereocenters. The predicted molar refractivity (Wildman–Crippen MR) is 114 cm³/mol. The van der Waals surface area contributed by atoms with Gasteiger partial charge < -0.3 is 24.1 Å². The molecule has 1 aromatic heterocycles. The van der Waals surface area contributed by atoms with Crippen LogP contribution in [0, 0.1) is 5.82 Å². The van der Waals surface area contributed by atoms with E-state index in [2.05, 4.69) is 5.32 Å². The van der Waals surface area contributed by atoms with Crippen molar-refractivity contribution in [1.82, 2.24) is 4.90 Å². The summed E-state index contributed by atoms with van der Waals surface area (Å²) in [6.45, 7) is 1.81. The molecular formula is C23H21FN2O5. The second-order valence-corrected chi connectivity index (χ2v) is 6.92. The first kappa shape index (κ1) is 20.6. The highest BCUT2D eigenvalue weighted by Gasteiger charge is 2.27. The summed E-state index contributed by atoms with van der Waals surface area (Å²) in [5, 5.41) is 3.37. The van der Waals surface area contributed by atoms with Gasteiger partial charge in [-0.2, -0.15) is 0 Å². The van der Waals surface area contributed by atoms with Gasteiger partial charge in [-0.3, -0.25) is 9.59 Å². The predicted octanol–water partition coefficient (Wildman–Crippen LogP) is 3.70. The third-order valence-electron chi connectivity index (χ3n) is 4.94. The zero-order valence-corrected chi connectivity index (χ0v) is 16.9. The number of methoxy groups -OCH3 is 1. The highest BCUT2D eigenvalue weighted by atomic mass is 19.1. The molecule has 2 aromatic carbocycles. The van der Waals surface area contributed by atoms with Crippen LogP contribution in [0.3, 0.4) is 0 Å². The fourth-order valence-corrected chi connectivity index (χ4v) is 3.35. The third-order valence-corrected chi connectivity index (χ3v) is 4.94. The van der Waals surface area contributed by atoms with E-state index < -0.39 is 11.7 Å². The maximum absolute atomic E-state index is 13.9. The molecule has 0 saturated carbocycles. The number of fused-ring (bicyclic) bond motifs is 1. The zero-order chi connectivity index (χ0) is 21.8. The largest absolute Gasteiger partial charge is 0.494 e. The SMILES string of the molecule is COc1ccc(/C=C/C(=O)Nc2c(C(=O)N3CCOCC3)oc3ccccc23)cc1F. The maximum atomic E-state index is 13.9. The summed E-state index contributed by atoms with van der Waals surface area (Å²) in [5.74, 6) is -1.11. The van der Waals surface area contributed by atoms with E-state index in [-0.39, 0.29) is 17.4 Å². The standard InChI is InChI=1S/C23H21FN2O5/c1-29-19-8-6-15(14-17(19)24)7-9-20(27)25-21-16-4-2-3-5-18(16)31-22(21)23(28)26-10-12-30-13-11-26/h2-9,14H,10-13H2,1H3,(H,25,27)/b9-7+. The first-order valence-corrected chi connectivity index (χ1v) is 9.78. The molecular weight excluding hydrogens is 403 g/mol. The van der Waals surface area contributed by atoms with Gasteiger partial charge in [0.05, 0.1) is 20.3 Å². The average Bonchev–Trinajstić information content (AvgIpc) is 3.16. The Hall–Kier alpha value is -3.65. The Bertz CT molecular complexity index is 1150. The van der Waals surface area contributed by atoms with Crippen LogP contribution in [-0.4, -0.2) is 50.1 Å². The lowest BCUT2D eigenvalue weighted by atomic mass is 10.2. The number of hydrogen-bond donors (Lipinski definition) is 1. The Balaban J connectivity index is 1.59. The molecule has 1 aliphatic rings. The second-order valence-electron chi connectivity index (χ2n) is 6.92. The molecule has 2 amide bonds. The monoisotopic (exact) mass is 424 g/mol. The Morgan fingerprint density at radius 2 is 1.94 bits per heavy atom. The van der Waals surface area contributed by atoms with E-state index in [0.717, 1.165) is 0 Å². The number of carbonyl (C=O) groups is 2. The molecule has 3 aromatic rings. The third kappa shape index (κ3) is 4.44. The number of nitrogens with zero attached hydrogens (tertiary/aromatic N) is 1. The quantitative estimate of drug-likeness (QED) is 0.632. The zero-order valence-electron chi connectivity index (χ0n) is 16.9. The molecule has 7 nitrogen and oxygen atoms in total. The van der Waals surface area contributed by atoms with Crippen molar-refractivity contribution in [3.8, 4) is 5.75 Å². The summed E-state index contributed by atoms with van der Waals surface area (Å²) in [7, 11) is 1.38. The van der Waals surface area contributed by atoms with Crippen LogP contribution in [0.4, 0.5) is 10.1 Å². The summed E-state index contributed by atoms with van der Waals surface area (Å²) in [5.41, 5.74) is 1.30. The summed E-state index contributed by atoms with van der Waals surface area (Å²) < 4.78 is 29.8. The molecule has 0 aliphatic carbocycles. The van der Waals surface area contributed by atoms with E-state index in [1.807, 2.05) is 0 Å². The number of ether oxygens (including phenoxy) is 2. The molecule has 1 N–H and O–H groups in total. The maximum Gasteiger partial charge on any atom is 0.291 e. The van der Waals surface area contributed by atoms with Crippen molar-refractivity contribution in [3.05, 3.63) is 65.7 Å². The van der Waals surface area contributed by atoms with Gasteiger partial charge in [-0.25, -0.2) is 4.39 Å². The first-order valence-electron chi connectivity index (χ1n) is 9.78. The minimum Gasteiger partial charge on any atom is -0.494 e. The van der Waals surface area contributed by atoms with Crippen molar-refractivity contribution in [2.45, 2.75) is 0 Å². The van der Waals surface area contributed by atoms with E-state index in [0.29, 0.717) is 48.5 Å². The van der Waals surface area contributed by atoms with Crippen molar-refractivity contribution < 1.29 is 27.9 Å². The normalized spacial score (nSPS) is 14.2. The van der Waals surface area contributed by atoms with Crippen LogP contribution in [0.15, 0.2) is 53.0 Å². The Kier molecular flexibility index (Phi) is 5.99. The summed E-state index contributed by atoms with van der Waals surface area (Å²) in [6.07, 6.45) is 2.75. The van der Waals surface area contributed by atoms with Crippen LogP contribution in [0.5, 0.6) is 5.75 Å². The molecule has 0 radical (unpaired) electrons. The number of para-hydroxylation sites is 1. The summed E-state index contributed by atoms with van der Waals surface area (Å²) in [4.78, 5) is 27.2. The number of morpholine rings is 1. The number of rotatable bonds is 5. The van der Waals surface area contributed by atoms with Gasteiger partial charge >= 0.3 is 0 Å². The topological polar surface area (TPSA) is 81.0 Å². The highest BCUT2D eigenvalue weighted by Crippen LogP contribution is 2.32. The second kappa shape index (κ2) is 9.01. The van der Waals surface area contributed by atoms with Crippen LogP contribution < -0.4 is 10.1 Å². The smallest absolute Gasteiger partial charge is 0.291 e. The van der Waals surface area contributed by atoms with Crippen LogP contribution in [0.2, 0.25) is 0 Å². The minimum absolute atomic E-state index is 0.0698. The fourth-order valence-electron chi connectivity index (χ4n) is 3.35. The molecule has 1 fully saturated rings. The Labute approximate surface area is 178 Å². The number of carbonyl (C=O) groups excluding carboxylic acids is 2. The lowest BCUT2D eigenvalue weighted by molar-refractivity contribution is -0.111. The number of halogens is 1. The van der Waals surface area contributed by atoms with Gasteiger partial charge in [0.2, 0.25) is 11.7 Å². The minimum atomic E-state index is -0.524. The number of anilines is 1. The van der Waals surface area contributed by atoms with Crippen molar-refractivity contribution in [2.24, 2.45) is 0 Å². The van der Waals surface area contributed by atoms with Crippen molar-refractivity contribution in [3.63, 3.8) is 0 Å². The van der Waals surface area contributed by atoms with Gasteiger partial charge in [0.15, 0.2) is 11.6 Å². The van der Waals surface area contributed by atoms with Crippen molar-refractivity contribution in [2.75, 3.05) is 38.7 Å². The fraction of sp³-hybridized carbons (Fsp3) is 0.217. The molecule has 2 heterocycles. The summed E-state index contributed by atoms with van der Waals surface area (Å²) in [6, 6.07) is 11.5. The van der Waals surface area contributed by atoms with Crippen LogP contribution in [-0.2, 0) is 9.53 Å². The van der Waals surface area contributed by atoms with Gasteiger partial charge in [0.1, 0.15) is 11.3 Å². The number of nitrogens with one attached hydrogen (secondary N) is 1. The lowest BCUT2D eigenvalue weighted by Gasteiger charge is -2.26. The van der Waals surface area contributed by atoms with Crippen LogP contribution in [0.1, 0.15) is 16.1 Å². The molecule has 0 bridgehead atoms. The number of hydrogen-bond acceptors (Lipinski definition) is 5. The van der Waals surface area contributed by atoms with Gasteiger partial charge in [0.25, 0.3) is 5.91 Å². The van der Waals surface area contributed by atoms with Gasteiger partial charge in [0, 0.05) is 24.6 Å². The molecule has 1 saturated heterocycles. The summed E-state index contributed by atoms with van der Waals surface area (Å²) >= 11 is 0. The Morgan fingerprint density at radius 1 is 1.16 bits per heavy atom.